The van der Waals surface area contributed by atoms with Crippen molar-refractivity contribution in [2.24, 2.45) is 28.6 Å². The molecular weight excluding hydrogens is 484 g/mol. The first-order chi connectivity index (χ1) is 17.9. The number of carbonyl (C=O) groups excluding carboxylic acids is 1. The maximum absolute atomic E-state index is 12.8. The second-order valence-corrected chi connectivity index (χ2v) is 13.0. The van der Waals surface area contributed by atoms with Crippen LogP contribution in [0.2, 0.25) is 0 Å². The van der Waals surface area contributed by atoms with E-state index in [0.29, 0.717) is 25.9 Å². The average molecular weight is 525 g/mol. The summed E-state index contributed by atoms with van der Waals surface area (Å²) in [6.07, 6.45) is 2.33. The molecule has 0 amide bonds. The van der Waals surface area contributed by atoms with Crippen molar-refractivity contribution in [1.29, 1.82) is 0 Å². The van der Waals surface area contributed by atoms with Crippen LogP contribution >= 0.6 is 0 Å². The van der Waals surface area contributed by atoms with Gasteiger partial charge in [-0.2, -0.15) is 0 Å². The van der Waals surface area contributed by atoms with Crippen LogP contribution in [0.4, 0.5) is 0 Å². The van der Waals surface area contributed by atoms with Gasteiger partial charge in [-0.15, -0.1) is 0 Å². The zero-order valence-electron chi connectivity index (χ0n) is 23.2. The quantitative estimate of drug-likeness (QED) is 0.505. The molecule has 206 valence electrons. The molecule has 3 fully saturated rings. The number of phenolic OH excluding ortho intramolecular Hbond substituents is 1. The second-order valence-electron chi connectivity index (χ2n) is 13.0. The van der Waals surface area contributed by atoms with E-state index in [1.165, 1.54) is 0 Å². The lowest BCUT2D eigenvalue weighted by atomic mass is 9.41. The van der Waals surface area contributed by atoms with E-state index in [1.807, 2.05) is 26.8 Å². The lowest BCUT2D eigenvalue weighted by Gasteiger charge is -2.64. The number of hydrogen-bond acceptors (Lipinski definition) is 7. The zero-order chi connectivity index (χ0) is 27.4. The van der Waals surface area contributed by atoms with Crippen LogP contribution in [0.25, 0.3) is 11.1 Å². The van der Waals surface area contributed by atoms with Gasteiger partial charge in [0, 0.05) is 39.7 Å². The van der Waals surface area contributed by atoms with Gasteiger partial charge in [-0.05, 0) is 54.5 Å². The highest BCUT2D eigenvalue weighted by atomic mass is 16.6. The summed E-state index contributed by atoms with van der Waals surface area (Å²) in [4.78, 5) is 12.8. The fraction of sp³-hybridized carbons (Fsp3) is 0.645. The summed E-state index contributed by atoms with van der Waals surface area (Å²) < 4.78 is 17.8. The van der Waals surface area contributed by atoms with Crippen molar-refractivity contribution in [1.82, 2.24) is 0 Å². The Morgan fingerprint density at radius 3 is 2.66 bits per heavy atom. The number of benzene rings is 1. The third kappa shape index (κ3) is 3.04. The minimum atomic E-state index is -0.844. The van der Waals surface area contributed by atoms with Gasteiger partial charge in [-0.1, -0.05) is 34.6 Å². The Labute approximate surface area is 224 Å². The summed E-state index contributed by atoms with van der Waals surface area (Å²) in [5, 5.41) is 35.1. The summed E-state index contributed by atoms with van der Waals surface area (Å²) in [5.74, 6) is -0.598. The topological polar surface area (TPSA) is 109 Å². The first kappa shape index (κ1) is 25.9. The molecule has 0 bridgehead atoms. The van der Waals surface area contributed by atoms with E-state index in [-0.39, 0.29) is 29.5 Å². The monoisotopic (exact) mass is 524 g/mol. The summed E-state index contributed by atoms with van der Waals surface area (Å²) in [5.41, 5.74) is 2.69. The lowest BCUT2D eigenvalue weighted by Crippen LogP contribution is -2.71. The predicted molar refractivity (Wildman–Crippen MR) is 141 cm³/mol. The summed E-state index contributed by atoms with van der Waals surface area (Å²) in [7, 11) is 0. The predicted octanol–water partition coefficient (Wildman–Crippen LogP) is 4.52. The SMILES string of the molecule is CC[C@@H](C)C(=O)O[C@@H]1C[C@H](O)[C@@]2(C)[C@H]3[C@@H](OC[C@]13C)[C@@H](O)[C@@]1(C)c3cc(O)c(-c4ccoc4)c(C)c3C[C@@H]12. The molecule has 4 aliphatic rings. The minimum Gasteiger partial charge on any atom is -0.507 e. The molecule has 3 N–H and O–H groups in total. The van der Waals surface area contributed by atoms with E-state index < -0.39 is 40.7 Å². The number of furan rings is 1. The van der Waals surface area contributed by atoms with Gasteiger partial charge < -0.3 is 29.2 Å². The van der Waals surface area contributed by atoms with Gasteiger partial charge in [-0.25, -0.2) is 0 Å². The molecular formula is C31H40O7. The Morgan fingerprint density at radius 1 is 1.26 bits per heavy atom. The molecule has 2 aromatic rings. The largest absolute Gasteiger partial charge is 0.507 e. The van der Waals surface area contributed by atoms with Crippen molar-refractivity contribution < 1.29 is 34.0 Å². The minimum absolute atomic E-state index is 0.0961. The maximum atomic E-state index is 12.8. The average Bonchev–Trinajstić information content (AvgIpc) is 3.60. The molecule has 7 heteroatoms. The molecule has 2 heterocycles. The molecule has 1 saturated heterocycles. The van der Waals surface area contributed by atoms with Crippen molar-refractivity contribution in [2.75, 3.05) is 6.61 Å². The zero-order valence-corrected chi connectivity index (χ0v) is 23.2. The van der Waals surface area contributed by atoms with Crippen LogP contribution in [-0.2, 0) is 26.1 Å². The van der Waals surface area contributed by atoms with Gasteiger partial charge in [0.1, 0.15) is 11.9 Å². The van der Waals surface area contributed by atoms with Crippen molar-refractivity contribution >= 4 is 5.97 Å². The molecule has 7 nitrogen and oxygen atoms in total. The van der Waals surface area contributed by atoms with Crippen molar-refractivity contribution in [3.63, 3.8) is 0 Å². The lowest BCUT2D eigenvalue weighted by molar-refractivity contribution is -0.237. The molecule has 0 radical (unpaired) electrons. The summed E-state index contributed by atoms with van der Waals surface area (Å²) in [6.45, 7) is 12.5. The van der Waals surface area contributed by atoms with Crippen LogP contribution in [0.3, 0.4) is 0 Å². The summed E-state index contributed by atoms with van der Waals surface area (Å²) >= 11 is 0. The number of aromatic hydroxyl groups is 1. The molecule has 38 heavy (non-hydrogen) atoms. The van der Waals surface area contributed by atoms with E-state index in [1.54, 1.807) is 18.6 Å². The first-order valence-corrected chi connectivity index (χ1v) is 14.0. The van der Waals surface area contributed by atoms with Gasteiger partial charge in [0.05, 0.1) is 43.4 Å². The van der Waals surface area contributed by atoms with Gasteiger partial charge in [0.15, 0.2) is 0 Å². The molecule has 3 aliphatic carbocycles. The maximum Gasteiger partial charge on any atom is 0.308 e. The number of carbonyl (C=O) groups is 1. The number of aliphatic hydroxyl groups is 2. The van der Waals surface area contributed by atoms with Crippen LogP contribution in [0.1, 0.15) is 64.2 Å². The smallest absolute Gasteiger partial charge is 0.308 e. The molecule has 1 aromatic heterocycles. The number of esters is 1. The molecule has 6 rings (SSSR count). The van der Waals surface area contributed by atoms with Crippen LogP contribution in [0.15, 0.2) is 29.1 Å². The van der Waals surface area contributed by atoms with Gasteiger partial charge in [0.2, 0.25) is 0 Å². The highest BCUT2D eigenvalue weighted by Crippen LogP contribution is 2.71. The van der Waals surface area contributed by atoms with Gasteiger partial charge in [-0.3, -0.25) is 4.79 Å². The number of aliphatic hydroxyl groups excluding tert-OH is 2. The highest BCUT2D eigenvalue weighted by molar-refractivity contribution is 5.76. The van der Waals surface area contributed by atoms with E-state index >= 15 is 0 Å². The molecule has 0 spiro atoms. The third-order valence-electron chi connectivity index (χ3n) is 11.3. The van der Waals surface area contributed by atoms with Crippen LogP contribution in [-0.4, -0.2) is 52.3 Å². The second kappa shape index (κ2) is 8.33. The molecule has 2 saturated carbocycles. The Balaban J connectivity index is 1.46. The van der Waals surface area contributed by atoms with Gasteiger partial charge in [0.25, 0.3) is 0 Å². The fourth-order valence-corrected chi connectivity index (χ4v) is 8.99. The van der Waals surface area contributed by atoms with Crippen LogP contribution in [0.5, 0.6) is 5.75 Å². The first-order valence-electron chi connectivity index (χ1n) is 14.0. The van der Waals surface area contributed by atoms with E-state index in [0.717, 1.165) is 27.8 Å². The Morgan fingerprint density at radius 2 is 2.00 bits per heavy atom. The Kier molecular flexibility index (Phi) is 5.67. The number of phenols is 1. The Bertz CT molecular complexity index is 1270. The van der Waals surface area contributed by atoms with Crippen LogP contribution in [0, 0.1) is 35.5 Å². The molecule has 10 atom stereocenters. The van der Waals surface area contributed by atoms with Crippen molar-refractivity contribution in [3.05, 3.63) is 41.3 Å². The molecule has 0 unspecified atom stereocenters. The van der Waals surface area contributed by atoms with Crippen molar-refractivity contribution in [3.8, 4) is 16.9 Å². The van der Waals surface area contributed by atoms with Gasteiger partial charge >= 0.3 is 5.97 Å². The number of rotatable bonds is 4. The standard InChI is InChI=1S/C31H40O7/c1-7-15(2)28(35)38-23-12-22(33)31(6)21-10-18-16(3)24(17-8-9-36-13-17)20(32)11-19(18)30(21,5)27(34)25-26(31)29(23,4)14-37-25/h8-9,11,13,15,21-23,25-27,32-34H,7,10,12,14H2,1-6H3/t15-,21+,22+,23-,25-,26+,27-,29-,30+,31+/m1/s1. The number of ether oxygens (including phenoxy) is 2. The van der Waals surface area contributed by atoms with E-state index in [9.17, 15) is 20.1 Å². The van der Waals surface area contributed by atoms with E-state index in [4.69, 9.17) is 13.9 Å². The van der Waals surface area contributed by atoms with Crippen LogP contribution < -0.4 is 0 Å². The highest BCUT2D eigenvalue weighted by Gasteiger charge is 2.75. The normalized spacial score (nSPS) is 41.8. The third-order valence-corrected chi connectivity index (χ3v) is 11.3. The van der Waals surface area contributed by atoms with E-state index in [2.05, 4.69) is 20.8 Å². The summed E-state index contributed by atoms with van der Waals surface area (Å²) in [6, 6.07) is 3.64. The van der Waals surface area contributed by atoms with Crippen molar-refractivity contribution in [2.45, 2.75) is 90.6 Å². The number of fused-ring (bicyclic) bond motifs is 4. The Hall–Kier alpha value is -2.35. The molecule has 1 aliphatic heterocycles. The number of hydrogen-bond donors (Lipinski definition) is 3. The fourth-order valence-electron chi connectivity index (χ4n) is 8.99. The molecule has 1 aromatic carbocycles.